The average molecular weight is 541 g/mol. The van der Waals surface area contributed by atoms with Crippen molar-refractivity contribution in [1.29, 1.82) is 0 Å². The maximum atomic E-state index is 12.5. The molecule has 0 radical (unpaired) electrons. The number of hydrogen-bond donors (Lipinski definition) is 2. The topological polar surface area (TPSA) is 127 Å². The highest BCUT2D eigenvalue weighted by molar-refractivity contribution is 5.83. The van der Waals surface area contributed by atoms with Gasteiger partial charge in [-0.25, -0.2) is 0 Å². The fourth-order valence-corrected chi connectivity index (χ4v) is 4.21. The molecule has 2 N–H and O–H groups in total. The van der Waals surface area contributed by atoms with Crippen LogP contribution in [0.3, 0.4) is 0 Å². The van der Waals surface area contributed by atoms with E-state index in [1.165, 1.54) is 51.4 Å². The van der Waals surface area contributed by atoms with Gasteiger partial charge in [-0.2, -0.15) is 0 Å². The third-order valence-corrected chi connectivity index (χ3v) is 6.51. The summed E-state index contributed by atoms with van der Waals surface area (Å²) >= 11 is 0. The first-order chi connectivity index (χ1) is 18.3. The number of carboxylic acids is 2. The van der Waals surface area contributed by atoms with Gasteiger partial charge < -0.3 is 19.7 Å². The van der Waals surface area contributed by atoms with Crippen LogP contribution in [-0.2, 0) is 28.7 Å². The summed E-state index contributed by atoms with van der Waals surface area (Å²) in [4.78, 5) is 44.7. The van der Waals surface area contributed by atoms with Gasteiger partial charge in [0.05, 0.1) is 25.0 Å². The van der Waals surface area contributed by atoms with E-state index in [4.69, 9.17) is 19.7 Å². The number of ether oxygens (including phenoxy) is 2. The average Bonchev–Trinajstić information content (AvgIpc) is 2.90. The van der Waals surface area contributed by atoms with Gasteiger partial charge in [-0.1, -0.05) is 90.2 Å². The zero-order valence-corrected chi connectivity index (χ0v) is 23.8. The lowest BCUT2D eigenvalue weighted by Crippen LogP contribution is -2.33. The molecular formula is C30H52O8. The van der Waals surface area contributed by atoms with Crippen LogP contribution < -0.4 is 0 Å². The maximum absolute atomic E-state index is 12.5. The van der Waals surface area contributed by atoms with E-state index in [2.05, 4.69) is 13.8 Å². The molecule has 8 heteroatoms. The molecule has 0 heterocycles. The number of hydrogen-bond acceptors (Lipinski definition) is 6. The number of unbranched alkanes of at least 4 members (excludes halogenated alkanes) is 11. The minimum absolute atomic E-state index is 0.0628. The largest absolute Gasteiger partial charge is 0.481 e. The smallest absolute Gasteiger partial charge is 0.313 e. The van der Waals surface area contributed by atoms with Crippen LogP contribution in [0.25, 0.3) is 0 Å². The second-order valence-corrected chi connectivity index (χ2v) is 10.0. The van der Waals surface area contributed by atoms with Crippen molar-refractivity contribution < 1.29 is 38.9 Å². The number of aliphatic carboxylic acids is 2. The van der Waals surface area contributed by atoms with E-state index in [9.17, 15) is 19.2 Å². The lowest BCUT2D eigenvalue weighted by Gasteiger charge is -2.24. The minimum Gasteiger partial charge on any atom is -0.481 e. The van der Waals surface area contributed by atoms with Crippen LogP contribution in [0.2, 0.25) is 0 Å². The first kappa shape index (κ1) is 35.6. The van der Waals surface area contributed by atoms with Crippen molar-refractivity contribution in [1.82, 2.24) is 0 Å². The third kappa shape index (κ3) is 20.7. The first-order valence-electron chi connectivity index (χ1n) is 14.8. The fraction of sp³-hybridized carbons (Fsp3) is 0.800. The first-order valence-corrected chi connectivity index (χ1v) is 14.8. The number of carboxylic acid groups (broad SMARTS) is 2. The minimum atomic E-state index is -0.870. The van der Waals surface area contributed by atoms with Gasteiger partial charge in [0.25, 0.3) is 0 Å². The van der Waals surface area contributed by atoms with Gasteiger partial charge >= 0.3 is 23.9 Å². The normalized spacial score (nSPS) is 16.3. The number of rotatable bonds is 21. The summed E-state index contributed by atoms with van der Waals surface area (Å²) in [5.41, 5.74) is 0. The number of carbonyl (C=O) groups is 4. The van der Waals surface area contributed by atoms with Crippen molar-refractivity contribution in [2.75, 3.05) is 13.2 Å². The van der Waals surface area contributed by atoms with E-state index in [1.807, 2.05) is 12.2 Å². The molecule has 0 saturated carbocycles. The molecule has 220 valence electrons. The highest BCUT2D eigenvalue weighted by atomic mass is 16.5. The van der Waals surface area contributed by atoms with Crippen LogP contribution in [0.4, 0.5) is 0 Å². The molecule has 0 aromatic rings. The van der Waals surface area contributed by atoms with Gasteiger partial charge in [-0.15, -0.1) is 0 Å². The Kier molecular flexibility index (Phi) is 23.4. The molecular weight excluding hydrogens is 488 g/mol. The molecule has 0 fully saturated rings. The molecule has 0 amide bonds. The summed E-state index contributed by atoms with van der Waals surface area (Å²) in [6, 6.07) is 0. The summed E-state index contributed by atoms with van der Waals surface area (Å²) in [5.74, 6) is -3.12. The van der Waals surface area contributed by atoms with E-state index in [0.29, 0.717) is 32.5 Å². The quantitative estimate of drug-likeness (QED) is 0.0897. The predicted molar refractivity (Wildman–Crippen MR) is 148 cm³/mol. The van der Waals surface area contributed by atoms with Crippen molar-refractivity contribution in [2.45, 2.75) is 129 Å². The van der Waals surface area contributed by atoms with Crippen molar-refractivity contribution in [3.8, 4) is 0 Å². The molecule has 1 rings (SSSR count). The molecule has 1 aliphatic carbocycles. The summed E-state index contributed by atoms with van der Waals surface area (Å²) in [6.45, 7) is 5.32. The van der Waals surface area contributed by atoms with Crippen LogP contribution in [0.1, 0.15) is 129 Å². The highest BCUT2D eigenvalue weighted by Gasteiger charge is 2.35. The van der Waals surface area contributed by atoms with Crippen molar-refractivity contribution in [3.05, 3.63) is 12.2 Å². The summed E-state index contributed by atoms with van der Waals surface area (Å²) in [5, 5.41) is 16.3. The number of allylic oxidation sites excluding steroid dienone is 1. The van der Waals surface area contributed by atoms with Gasteiger partial charge in [0.15, 0.2) is 0 Å². The Morgan fingerprint density at radius 3 is 1.58 bits per heavy atom. The maximum Gasteiger partial charge on any atom is 0.313 e. The Labute approximate surface area is 229 Å². The Bertz CT molecular complexity index is 657. The monoisotopic (exact) mass is 540 g/mol. The Hall–Kier alpha value is -2.38. The SMILES string of the molecule is CCCCCCCCOC(=O)C1C=CCCC1C(=O)OCCCCCCCC.O=C(O)CCCCC(=O)O. The summed E-state index contributed by atoms with van der Waals surface area (Å²) in [6.07, 6.45) is 20.2. The highest BCUT2D eigenvalue weighted by Crippen LogP contribution is 2.27. The number of esters is 2. The van der Waals surface area contributed by atoms with Crippen LogP contribution in [-0.4, -0.2) is 47.3 Å². The standard InChI is InChI=1S/C24H42O4.C6H10O4/c1-3-5-7-9-11-15-19-27-23(25)21-17-13-14-18-22(21)24(26)28-20-16-12-10-8-6-4-2;7-5(8)3-1-2-4-6(9)10/h13,17,21-22H,3-12,14-16,18-20H2,1-2H3;1-4H2,(H,7,8)(H,9,10). The van der Waals surface area contributed by atoms with Gasteiger partial charge in [0.2, 0.25) is 0 Å². The third-order valence-electron chi connectivity index (χ3n) is 6.51. The Morgan fingerprint density at radius 1 is 0.658 bits per heavy atom. The fourth-order valence-electron chi connectivity index (χ4n) is 4.21. The summed E-state index contributed by atoms with van der Waals surface area (Å²) < 4.78 is 10.9. The zero-order valence-electron chi connectivity index (χ0n) is 23.8. The molecule has 0 aromatic carbocycles. The van der Waals surface area contributed by atoms with Gasteiger partial charge in [0.1, 0.15) is 0 Å². The molecule has 2 atom stereocenters. The molecule has 0 spiro atoms. The Balaban J connectivity index is 0.00000115. The van der Waals surface area contributed by atoms with E-state index >= 15 is 0 Å². The van der Waals surface area contributed by atoms with Crippen LogP contribution in [0.15, 0.2) is 12.2 Å². The van der Waals surface area contributed by atoms with Crippen LogP contribution in [0, 0.1) is 11.8 Å². The molecule has 1 aliphatic rings. The Morgan fingerprint density at radius 2 is 1.11 bits per heavy atom. The van der Waals surface area contributed by atoms with E-state index in [0.717, 1.165) is 32.1 Å². The molecule has 0 aromatic heterocycles. The summed E-state index contributed by atoms with van der Waals surface area (Å²) in [7, 11) is 0. The predicted octanol–water partition coefficient (Wildman–Crippen LogP) is 7.09. The second-order valence-electron chi connectivity index (χ2n) is 10.0. The van der Waals surface area contributed by atoms with E-state index < -0.39 is 17.9 Å². The van der Waals surface area contributed by atoms with Crippen molar-refractivity contribution in [2.24, 2.45) is 11.8 Å². The molecule has 0 aliphatic heterocycles. The lowest BCUT2D eigenvalue weighted by molar-refractivity contribution is -0.159. The number of carbonyl (C=O) groups excluding carboxylic acids is 2. The second kappa shape index (κ2) is 24.9. The van der Waals surface area contributed by atoms with Crippen molar-refractivity contribution in [3.63, 3.8) is 0 Å². The molecule has 8 nitrogen and oxygen atoms in total. The van der Waals surface area contributed by atoms with Gasteiger partial charge in [-0.3, -0.25) is 19.2 Å². The van der Waals surface area contributed by atoms with Gasteiger partial charge in [0, 0.05) is 12.8 Å². The molecule has 2 unspecified atom stereocenters. The molecule has 0 saturated heterocycles. The molecule has 38 heavy (non-hydrogen) atoms. The van der Waals surface area contributed by atoms with E-state index in [-0.39, 0.29) is 30.7 Å². The zero-order chi connectivity index (χ0) is 28.4. The van der Waals surface area contributed by atoms with Crippen molar-refractivity contribution >= 4 is 23.9 Å². The van der Waals surface area contributed by atoms with Crippen LogP contribution >= 0.6 is 0 Å². The lowest BCUT2D eigenvalue weighted by atomic mass is 9.84. The van der Waals surface area contributed by atoms with E-state index in [1.54, 1.807) is 0 Å². The van der Waals surface area contributed by atoms with Crippen LogP contribution in [0.5, 0.6) is 0 Å². The van der Waals surface area contributed by atoms with Gasteiger partial charge in [-0.05, 0) is 38.5 Å². The molecule has 0 bridgehead atoms.